The molecule has 0 heterocycles. The van der Waals surface area contributed by atoms with E-state index in [1.807, 2.05) is 0 Å². The van der Waals surface area contributed by atoms with Crippen molar-refractivity contribution in [2.24, 2.45) is 0 Å². The second kappa shape index (κ2) is 6.26. The first-order chi connectivity index (χ1) is 9.10. The van der Waals surface area contributed by atoms with Crippen LogP contribution in [-0.2, 0) is 4.79 Å². The molecule has 0 spiro atoms. The molecule has 1 fully saturated rings. The molecule has 1 saturated carbocycles. The number of nitrogens with zero attached hydrogens (tertiary/aromatic N) is 1. The van der Waals surface area contributed by atoms with Gasteiger partial charge < -0.3 is 16.0 Å². The van der Waals surface area contributed by atoms with Crippen LogP contribution in [0.1, 0.15) is 26.2 Å². The zero-order chi connectivity index (χ0) is 13.8. The van der Waals surface area contributed by atoms with Crippen LogP contribution in [0, 0.1) is 0 Å². The highest BCUT2D eigenvalue weighted by Crippen LogP contribution is 2.27. The second-order valence-corrected chi connectivity index (χ2v) is 5.30. The molecule has 5 heteroatoms. The summed E-state index contributed by atoms with van der Waals surface area (Å²) < 4.78 is 0. The molecule has 1 aliphatic rings. The van der Waals surface area contributed by atoms with Gasteiger partial charge in [0.2, 0.25) is 5.91 Å². The van der Waals surface area contributed by atoms with Gasteiger partial charge in [0.05, 0.1) is 10.7 Å². The summed E-state index contributed by atoms with van der Waals surface area (Å²) in [6, 6.07) is 5.79. The molecule has 104 valence electrons. The number of anilines is 2. The molecule has 1 aliphatic carbocycles. The largest absolute Gasteiger partial charge is 0.399 e. The number of hydrogen-bond donors (Lipinski definition) is 2. The molecule has 0 saturated heterocycles. The number of rotatable bonds is 6. The monoisotopic (exact) mass is 281 g/mol. The fraction of sp³-hybridized carbons (Fsp3) is 0.500. The summed E-state index contributed by atoms with van der Waals surface area (Å²) in [5, 5.41) is 3.30. The molecule has 0 radical (unpaired) electrons. The summed E-state index contributed by atoms with van der Waals surface area (Å²) in [7, 11) is 0. The van der Waals surface area contributed by atoms with E-state index in [1.54, 1.807) is 18.2 Å². The predicted molar refractivity (Wildman–Crippen MR) is 79.4 cm³/mol. The van der Waals surface area contributed by atoms with Gasteiger partial charge in [0.1, 0.15) is 0 Å². The van der Waals surface area contributed by atoms with E-state index in [-0.39, 0.29) is 5.91 Å². The summed E-state index contributed by atoms with van der Waals surface area (Å²) in [5.41, 5.74) is 6.82. The van der Waals surface area contributed by atoms with E-state index in [1.165, 1.54) is 12.8 Å². The van der Waals surface area contributed by atoms with Crippen LogP contribution in [-0.4, -0.2) is 29.9 Å². The Kier molecular flexibility index (Phi) is 4.66. The van der Waals surface area contributed by atoms with Crippen molar-refractivity contribution >= 4 is 28.9 Å². The molecule has 0 aliphatic heterocycles. The van der Waals surface area contributed by atoms with Gasteiger partial charge in [-0.25, -0.2) is 0 Å². The second-order valence-electron chi connectivity index (χ2n) is 4.90. The maximum atomic E-state index is 11.9. The molecule has 3 N–H and O–H groups in total. The number of amides is 1. The molecule has 0 atom stereocenters. The van der Waals surface area contributed by atoms with Gasteiger partial charge in [-0.05, 0) is 37.6 Å². The van der Waals surface area contributed by atoms with Gasteiger partial charge in [0.15, 0.2) is 0 Å². The van der Waals surface area contributed by atoms with Gasteiger partial charge in [0.25, 0.3) is 0 Å². The molecule has 19 heavy (non-hydrogen) atoms. The molecule has 1 aromatic rings. The first kappa shape index (κ1) is 14.2. The number of nitrogens with two attached hydrogens (primary N) is 1. The van der Waals surface area contributed by atoms with Crippen LogP contribution in [0.5, 0.6) is 0 Å². The highest BCUT2D eigenvalue weighted by Gasteiger charge is 2.27. The van der Waals surface area contributed by atoms with Crippen molar-refractivity contribution in [2.75, 3.05) is 24.1 Å². The van der Waals surface area contributed by atoms with Gasteiger partial charge in [-0.1, -0.05) is 18.5 Å². The van der Waals surface area contributed by atoms with Crippen LogP contribution in [0.15, 0.2) is 18.2 Å². The van der Waals surface area contributed by atoms with Crippen LogP contribution >= 0.6 is 11.6 Å². The number of nitrogens with one attached hydrogen (secondary N) is 1. The summed E-state index contributed by atoms with van der Waals surface area (Å²) in [5.74, 6) is -0.00854. The Morgan fingerprint density at radius 3 is 2.84 bits per heavy atom. The lowest BCUT2D eigenvalue weighted by Crippen LogP contribution is -2.29. The summed E-state index contributed by atoms with van der Waals surface area (Å²) in [6.07, 6.45) is 3.02. The lowest BCUT2D eigenvalue weighted by Gasteiger charge is -2.19. The molecule has 1 amide bonds. The van der Waals surface area contributed by atoms with Crippen molar-refractivity contribution in [1.29, 1.82) is 0 Å². The quantitative estimate of drug-likeness (QED) is 0.788. The van der Waals surface area contributed by atoms with E-state index in [0.29, 0.717) is 28.9 Å². The fourth-order valence-corrected chi connectivity index (χ4v) is 2.37. The normalized spacial score (nSPS) is 14.7. The predicted octanol–water partition coefficient (Wildman–Crippen LogP) is 2.74. The summed E-state index contributed by atoms with van der Waals surface area (Å²) >= 11 is 6.02. The Morgan fingerprint density at radius 2 is 2.26 bits per heavy atom. The minimum Gasteiger partial charge on any atom is -0.399 e. The van der Waals surface area contributed by atoms with Crippen LogP contribution in [0.3, 0.4) is 0 Å². The SMILES string of the molecule is CCN(CCC(=O)Nc1ccc(N)cc1Cl)C1CC1. The van der Waals surface area contributed by atoms with Gasteiger partial charge in [0, 0.05) is 24.7 Å². The third-order valence-corrected chi connectivity index (χ3v) is 3.68. The average molecular weight is 282 g/mol. The Balaban J connectivity index is 1.83. The first-order valence-electron chi connectivity index (χ1n) is 6.69. The van der Waals surface area contributed by atoms with Gasteiger partial charge in [-0.2, -0.15) is 0 Å². The van der Waals surface area contributed by atoms with Crippen molar-refractivity contribution in [3.8, 4) is 0 Å². The van der Waals surface area contributed by atoms with E-state index in [2.05, 4.69) is 17.1 Å². The number of hydrogen-bond acceptors (Lipinski definition) is 3. The Hall–Kier alpha value is -1.26. The molecule has 4 nitrogen and oxygen atoms in total. The smallest absolute Gasteiger partial charge is 0.225 e. The van der Waals surface area contributed by atoms with Crippen molar-refractivity contribution in [3.05, 3.63) is 23.2 Å². The van der Waals surface area contributed by atoms with Crippen LogP contribution < -0.4 is 11.1 Å². The van der Waals surface area contributed by atoms with Crippen molar-refractivity contribution in [3.63, 3.8) is 0 Å². The third-order valence-electron chi connectivity index (χ3n) is 3.36. The number of carbonyl (C=O) groups is 1. The summed E-state index contributed by atoms with van der Waals surface area (Å²) in [4.78, 5) is 14.2. The van der Waals surface area contributed by atoms with Gasteiger partial charge in [-0.3, -0.25) is 4.79 Å². The van der Waals surface area contributed by atoms with Crippen molar-refractivity contribution < 1.29 is 4.79 Å². The third kappa shape index (κ3) is 4.11. The van der Waals surface area contributed by atoms with Gasteiger partial charge in [-0.15, -0.1) is 0 Å². The highest BCUT2D eigenvalue weighted by molar-refractivity contribution is 6.34. The number of halogens is 1. The van der Waals surface area contributed by atoms with Gasteiger partial charge >= 0.3 is 0 Å². The lowest BCUT2D eigenvalue weighted by atomic mass is 10.2. The van der Waals surface area contributed by atoms with E-state index >= 15 is 0 Å². The Labute approximate surface area is 118 Å². The minimum absolute atomic E-state index is 0.00854. The Morgan fingerprint density at radius 1 is 1.53 bits per heavy atom. The Bertz CT molecular complexity index is 460. The lowest BCUT2D eigenvalue weighted by molar-refractivity contribution is -0.116. The standard InChI is InChI=1S/C14H20ClN3O/c1-2-18(11-4-5-11)8-7-14(19)17-13-6-3-10(16)9-12(13)15/h3,6,9,11H,2,4-5,7-8,16H2,1H3,(H,17,19). The molecular weight excluding hydrogens is 262 g/mol. The maximum absolute atomic E-state index is 11.9. The topological polar surface area (TPSA) is 58.4 Å². The molecule has 0 aromatic heterocycles. The molecular formula is C14H20ClN3O. The van der Waals surface area contributed by atoms with E-state index < -0.39 is 0 Å². The fourth-order valence-electron chi connectivity index (χ4n) is 2.13. The summed E-state index contributed by atoms with van der Waals surface area (Å²) in [6.45, 7) is 3.94. The average Bonchev–Trinajstić information content (AvgIpc) is 3.18. The maximum Gasteiger partial charge on any atom is 0.225 e. The van der Waals surface area contributed by atoms with Crippen molar-refractivity contribution in [1.82, 2.24) is 4.90 Å². The molecule has 1 aromatic carbocycles. The van der Waals surface area contributed by atoms with Crippen LogP contribution in [0.25, 0.3) is 0 Å². The number of carbonyl (C=O) groups excluding carboxylic acids is 1. The molecule has 0 unspecified atom stereocenters. The number of benzene rings is 1. The molecule has 0 bridgehead atoms. The number of nitrogen functional groups attached to an aromatic ring is 1. The molecule has 2 rings (SSSR count). The van der Waals surface area contributed by atoms with Crippen LogP contribution in [0.4, 0.5) is 11.4 Å². The zero-order valence-corrected chi connectivity index (χ0v) is 11.9. The minimum atomic E-state index is -0.00854. The van der Waals surface area contributed by atoms with E-state index in [9.17, 15) is 4.79 Å². The van der Waals surface area contributed by atoms with Crippen LogP contribution in [0.2, 0.25) is 5.02 Å². The van der Waals surface area contributed by atoms with Crippen molar-refractivity contribution in [2.45, 2.75) is 32.2 Å². The van der Waals surface area contributed by atoms with E-state index in [4.69, 9.17) is 17.3 Å². The van der Waals surface area contributed by atoms with E-state index in [0.717, 1.165) is 13.1 Å². The highest BCUT2D eigenvalue weighted by atomic mass is 35.5. The first-order valence-corrected chi connectivity index (χ1v) is 7.07. The zero-order valence-electron chi connectivity index (χ0n) is 11.2.